The Morgan fingerprint density at radius 1 is 1.00 bits per heavy atom. The highest BCUT2D eigenvalue weighted by molar-refractivity contribution is 6.33. The van der Waals surface area contributed by atoms with E-state index in [4.69, 9.17) is 16.7 Å². The molecule has 0 atom stereocenters. The van der Waals surface area contributed by atoms with E-state index in [2.05, 4.69) is 0 Å². The Labute approximate surface area is 113 Å². The molecule has 1 N–H and O–H groups in total. The zero-order valence-corrected chi connectivity index (χ0v) is 10.5. The number of hydrogen-bond acceptors (Lipinski definition) is 1. The molecule has 19 heavy (non-hydrogen) atoms. The second-order valence-corrected chi connectivity index (χ2v) is 4.45. The van der Waals surface area contributed by atoms with E-state index in [0.717, 1.165) is 12.1 Å². The van der Waals surface area contributed by atoms with Crippen molar-refractivity contribution in [3.05, 3.63) is 58.6 Å². The van der Waals surface area contributed by atoms with E-state index in [9.17, 15) is 13.2 Å². The minimum atomic E-state index is -4.40. The highest BCUT2D eigenvalue weighted by Crippen LogP contribution is 2.35. The normalized spacial score (nSPS) is 11.6. The fourth-order valence-electron chi connectivity index (χ4n) is 1.71. The van der Waals surface area contributed by atoms with Crippen molar-refractivity contribution in [3.63, 3.8) is 0 Å². The van der Waals surface area contributed by atoms with Crippen LogP contribution >= 0.6 is 11.6 Å². The quantitative estimate of drug-likeness (QED) is 0.861. The lowest BCUT2D eigenvalue weighted by Gasteiger charge is -2.11. The Morgan fingerprint density at radius 3 is 2.16 bits per heavy atom. The molecule has 0 saturated heterocycles. The summed E-state index contributed by atoms with van der Waals surface area (Å²) >= 11 is 5.94. The van der Waals surface area contributed by atoms with Gasteiger partial charge >= 0.3 is 6.18 Å². The van der Waals surface area contributed by atoms with Crippen molar-refractivity contribution in [3.8, 4) is 11.1 Å². The first-order chi connectivity index (χ1) is 8.91. The molecule has 0 aliphatic carbocycles. The third kappa shape index (κ3) is 3.08. The largest absolute Gasteiger partial charge is 0.416 e. The van der Waals surface area contributed by atoms with Gasteiger partial charge in [0, 0.05) is 10.6 Å². The van der Waals surface area contributed by atoms with Crippen molar-refractivity contribution >= 4 is 11.6 Å². The van der Waals surface area contributed by atoms with Gasteiger partial charge in [0.15, 0.2) is 0 Å². The first-order valence-corrected chi connectivity index (χ1v) is 5.86. The van der Waals surface area contributed by atoms with Crippen LogP contribution in [0.5, 0.6) is 0 Å². The van der Waals surface area contributed by atoms with Gasteiger partial charge < -0.3 is 5.11 Å². The molecule has 0 unspecified atom stereocenters. The predicted octanol–water partition coefficient (Wildman–Crippen LogP) is 4.52. The SMILES string of the molecule is OCc1ccc(-c2cc(C(F)(F)F)ccc2Cl)cc1. The summed E-state index contributed by atoms with van der Waals surface area (Å²) in [7, 11) is 0. The number of halogens is 4. The van der Waals surface area contributed by atoms with E-state index in [1.54, 1.807) is 24.3 Å². The molecule has 0 aliphatic rings. The van der Waals surface area contributed by atoms with Gasteiger partial charge in [-0.25, -0.2) is 0 Å². The molecule has 0 aliphatic heterocycles. The molecular weight excluding hydrogens is 277 g/mol. The van der Waals surface area contributed by atoms with Gasteiger partial charge in [-0.3, -0.25) is 0 Å². The maximum absolute atomic E-state index is 12.7. The van der Waals surface area contributed by atoms with Crippen LogP contribution in [0.1, 0.15) is 11.1 Å². The average molecular weight is 287 g/mol. The summed E-state index contributed by atoms with van der Waals surface area (Å²) in [5, 5.41) is 9.18. The number of alkyl halides is 3. The van der Waals surface area contributed by atoms with E-state index in [-0.39, 0.29) is 11.6 Å². The molecule has 2 aromatic rings. The van der Waals surface area contributed by atoms with Crippen LogP contribution in [0, 0.1) is 0 Å². The molecule has 0 spiro atoms. The summed E-state index contributed by atoms with van der Waals surface area (Å²) < 4.78 is 38.0. The minimum Gasteiger partial charge on any atom is -0.392 e. The lowest BCUT2D eigenvalue weighted by molar-refractivity contribution is -0.137. The summed E-state index contributed by atoms with van der Waals surface area (Å²) in [4.78, 5) is 0. The van der Waals surface area contributed by atoms with E-state index < -0.39 is 11.7 Å². The zero-order chi connectivity index (χ0) is 14.0. The number of rotatable bonds is 2. The van der Waals surface area contributed by atoms with Gasteiger partial charge in [0.25, 0.3) is 0 Å². The highest BCUT2D eigenvalue weighted by atomic mass is 35.5. The van der Waals surface area contributed by atoms with Crippen LogP contribution in [0.25, 0.3) is 11.1 Å². The summed E-state index contributed by atoms with van der Waals surface area (Å²) in [6.07, 6.45) is -4.40. The standard InChI is InChI=1S/C14H10ClF3O/c15-13-6-5-11(14(16,17)18)7-12(13)10-3-1-9(8-19)2-4-10/h1-7,19H,8H2. The van der Waals surface area contributed by atoms with Crippen molar-refractivity contribution < 1.29 is 18.3 Å². The van der Waals surface area contributed by atoms with Crippen molar-refractivity contribution in [2.75, 3.05) is 0 Å². The smallest absolute Gasteiger partial charge is 0.392 e. The number of benzene rings is 2. The molecule has 1 nitrogen and oxygen atoms in total. The third-order valence-electron chi connectivity index (χ3n) is 2.74. The molecular formula is C14H10ClF3O. The summed E-state index contributed by atoms with van der Waals surface area (Å²) in [5.41, 5.74) is 0.847. The summed E-state index contributed by atoms with van der Waals surface area (Å²) in [6.45, 7) is -0.114. The summed E-state index contributed by atoms with van der Waals surface area (Å²) in [6, 6.07) is 9.77. The molecule has 0 amide bonds. The van der Waals surface area contributed by atoms with Gasteiger partial charge in [-0.2, -0.15) is 13.2 Å². The van der Waals surface area contributed by atoms with Crippen LogP contribution in [0.4, 0.5) is 13.2 Å². The van der Waals surface area contributed by atoms with Crippen LogP contribution in [0.3, 0.4) is 0 Å². The fourth-order valence-corrected chi connectivity index (χ4v) is 1.94. The Balaban J connectivity index is 2.48. The van der Waals surface area contributed by atoms with E-state index in [1.807, 2.05) is 0 Å². The van der Waals surface area contributed by atoms with Gasteiger partial charge in [-0.05, 0) is 29.3 Å². The lowest BCUT2D eigenvalue weighted by Crippen LogP contribution is -2.04. The molecule has 5 heteroatoms. The Morgan fingerprint density at radius 2 is 1.63 bits per heavy atom. The van der Waals surface area contributed by atoms with E-state index in [1.165, 1.54) is 6.07 Å². The molecule has 0 aromatic heterocycles. The van der Waals surface area contributed by atoms with Gasteiger partial charge in [0.1, 0.15) is 0 Å². The van der Waals surface area contributed by atoms with Crippen molar-refractivity contribution in [1.29, 1.82) is 0 Å². The predicted molar refractivity (Wildman–Crippen MR) is 67.8 cm³/mol. The van der Waals surface area contributed by atoms with E-state index in [0.29, 0.717) is 16.7 Å². The molecule has 0 heterocycles. The van der Waals surface area contributed by atoms with Gasteiger partial charge in [-0.15, -0.1) is 0 Å². The Bertz CT molecular complexity index is 576. The van der Waals surface area contributed by atoms with Gasteiger partial charge in [0.05, 0.1) is 12.2 Å². The molecule has 0 radical (unpaired) electrons. The molecule has 0 saturated carbocycles. The molecule has 0 bridgehead atoms. The monoisotopic (exact) mass is 286 g/mol. The maximum atomic E-state index is 12.7. The van der Waals surface area contributed by atoms with Crippen LogP contribution in [0.2, 0.25) is 5.02 Å². The maximum Gasteiger partial charge on any atom is 0.416 e. The fraction of sp³-hybridized carbons (Fsp3) is 0.143. The van der Waals surface area contributed by atoms with Gasteiger partial charge in [0.2, 0.25) is 0 Å². The number of aliphatic hydroxyl groups is 1. The topological polar surface area (TPSA) is 20.2 Å². The first-order valence-electron chi connectivity index (χ1n) is 5.49. The van der Waals surface area contributed by atoms with Crippen molar-refractivity contribution in [1.82, 2.24) is 0 Å². The average Bonchev–Trinajstić information content (AvgIpc) is 2.38. The third-order valence-corrected chi connectivity index (χ3v) is 3.07. The van der Waals surface area contributed by atoms with Crippen LogP contribution in [-0.2, 0) is 12.8 Å². The lowest BCUT2D eigenvalue weighted by atomic mass is 10.0. The zero-order valence-electron chi connectivity index (χ0n) is 9.71. The summed E-state index contributed by atoms with van der Waals surface area (Å²) in [5.74, 6) is 0. The first kappa shape index (κ1) is 13.9. The molecule has 0 fully saturated rings. The van der Waals surface area contributed by atoms with Crippen LogP contribution < -0.4 is 0 Å². The van der Waals surface area contributed by atoms with E-state index >= 15 is 0 Å². The van der Waals surface area contributed by atoms with Crippen molar-refractivity contribution in [2.24, 2.45) is 0 Å². The number of hydrogen-bond donors (Lipinski definition) is 1. The molecule has 2 rings (SSSR count). The second kappa shape index (κ2) is 5.23. The Kier molecular flexibility index (Phi) is 3.83. The molecule has 100 valence electrons. The minimum absolute atomic E-state index is 0.114. The highest BCUT2D eigenvalue weighted by Gasteiger charge is 2.31. The Hall–Kier alpha value is -1.52. The van der Waals surface area contributed by atoms with Crippen molar-refractivity contribution in [2.45, 2.75) is 12.8 Å². The second-order valence-electron chi connectivity index (χ2n) is 4.05. The van der Waals surface area contributed by atoms with Gasteiger partial charge in [-0.1, -0.05) is 35.9 Å². The molecule has 2 aromatic carbocycles. The van der Waals surface area contributed by atoms with Crippen LogP contribution in [-0.4, -0.2) is 5.11 Å². The van der Waals surface area contributed by atoms with Crippen LogP contribution in [0.15, 0.2) is 42.5 Å². The number of aliphatic hydroxyl groups excluding tert-OH is 1.